The molecule has 8 heteroatoms. The van der Waals surface area contributed by atoms with Gasteiger partial charge >= 0.3 is 0 Å². The number of carbonyl (C=O) groups is 2. The summed E-state index contributed by atoms with van der Waals surface area (Å²) in [6.07, 6.45) is 0. The van der Waals surface area contributed by atoms with Crippen molar-refractivity contribution in [2.24, 2.45) is 0 Å². The molecule has 0 saturated carbocycles. The number of likely N-dealkylation sites (N-methyl/N-ethyl adjacent to an activating group) is 1. The maximum absolute atomic E-state index is 13.5. The molecule has 0 fully saturated rings. The first kappa shape index (κ1) is 19.6. The van der Waals surface area contributed by atoms with Crippen molar-refractivity contribution in [2.45, 2.75) is 4.90 Å². The number of hydrogen-bond donors (Lipinski definition) is 1. The zero-order valence-corrected chi connectivity index (χ0v) is 15.6. The molecule has 1 N–H and O–H groups in total. The van der Waals surface area contributed by atoms with E-state index in [1.807, 2.05) is 0 Å². The van der Waals surface area contributed by atoms with Gasteiger partial charge < -0.3 is 10.2 Å². The van der Waals surface area contributed by atoms with Crippen molar-refractivity contribution in [1.82, 2.24) is 4.90 Å². The molecule has 0 aliphatic rings. The second-order valence-corrected chi connectivity index (χ2v) is 6.95. The number of nitrogens with zero attached hydrogens (tertiary/aromatic N) is 1. The summed E-state index contributed by atoms with van der Waals surface area (Å²) < 4.78 is 13.5. The molecule has 0 aromatic heterocycles. The van der Waals surface area contributed by atoms with Crippen LogP contribution in [0.25, 0.3) is 0 Å². The molecule has 0 aliphatic heterocycles. The van der Waals surface area contributed by atoms with E-state index in [4.69, 9.17) is 23.2 Å². The van der Waals surface area contributed by atoms with Crippen molar-refractivity contribution in [3.63, 3.8) is 0 Å². The Bertz CT molecular complexity index is 769. The molecule has 4 nitrogen and oxygen atoms in total. The number of para-hydroxylation sites is 1. The van der Waals surface area contributed by atoms with E-state index in [1.165, 1.54) is 18.0 Å². The molecule has 2 aromatic rings. The van der Waals surface area contributed by atoms with Gasteiger partial charge in [-0.05, 0) is 24.3 Å². The molecular formula is C17H15Cl2FN2O2S. The zero-order valence-electron chi connectivity index (χ0n) is 13.3. The highest BCUT2D eigenvalue weighted by molar-refractivity contribution is 8.00. The lowest BCUT2D eigenvalue weighted by molar-refractivity contribution is -0.131. The number of halogens is 3. The van der Waals surface area contributed by atoms with Crippen LogP contribution in [0.4, 0.5) is 10.1 Å². The van der Waals surface area contributed by atoms with E-state index in [0.29, 0.717) is 20.6 Å². The van der Waals surface area contributed by atoms with Gasteiger partial charge in [0.05, 0.1) is 28.0 Å². The molecule has 2 aromatic carbocycles. The Morgan fingerprint density at radius 3 is 2.40 bits per heavy atom. The van der Waals surface area contributed by atoms with Crippen molar-refractivity contribution in [3.8, 4) is 0 Å². The summed E-state index contributed by atoms with van der Waals surface area (Å²) in [5.41, 5.74) is 0.303. The smallest absolute Gasteiger partial charge is 0.244 e. The van der Waals surface area contributed by atoms with Gasteiger partial charge in [0.2, 0.25) is 11.8 Å². The Labute approximate surface area is 159 Å². The topological polar surface area (TPSA) is 49.4 Å². The van der Waals surface area contributed by atoms with Crippen LogP contribution in [-0.4, -0.2) is 36.1 Å². The van der Waals surface area contributed by atoms with Crippen LogP contribution in [-0.2, 0) is 9.59 Å². The van der Waals surface area contributed by atoms with Gasteiger partial charge in [0, 0.05) is 11.9 Å². The maximum atomic E-state index is 13.5. The SMILES string of the molecule is CN(CC(=O)Nc1c(Cl)cccc1Cl)C(=O)CSc1ccccc1F. The molecule has 0 aliphatic carbocycles. The van der Waals surface area contributed by atoms with E-state index >= 15 is 0 Å². The minimum atomic E-state index is -0.429. The van der Waals surface area contributed by atoms with Crippen molar-refractivity contribution in [3.05, 3.63) is 58.3 Å². The molecule has 132 valence electrons. The second-order valence-electron chi connectivity index (χ2n) is 5.11. The number of carbonyl (C=O) groups excluding carboxylic acids is 2. The summed E-state index contributed by atoms with van der Waals surface area (Å²) in [4.78, 5) is 25.8. The predicted octanol–water partition coefficient (Wildman–Crippen LogP) is 4.32. The van der Waals surface area contributed by atoms with E-state index in [9.17, 15) is 14.0 Å². The quantitative estimate of drug-likeness (QED) is 0.734. The number of amides is 2. The van der Waals surface area contributed by atoms with Crippen molar-refractivity contribution >= 4 is 52.5 Å². The minimum Gasteiger partial charge on any atom is -0.336 e. The third kappa shape index (κ3) is 5.63. The van der Waals surface area contributed by atoms with Crippen LogP contribution >= 0.6 is 35.0 Å². The first-order chi connectivity index (χ1) is 11.9. The van der Waals surface area contributed by atoms with Crippen LogP contribution in [0.1, 0.15) is 0 Å². The third-order valence-corrected chi connectivity index (χ3v) is 4.88. The Hall–Kier alpha value is -1.76. The van der Waals surface area contributed by atoms with E-state index in [-0.39, 0.29) is 24.0 Å². The molecular weight excluding hydrogens is 386 g/mol. The maximum Gasteiger partial charge on any atom is 0.244 e. The number of anilines is 1. The Kier molecular flexibility index (Phi) is 7.11. The van der Waals surface area contributed by atoms with E-state index < -0.39 is 5.91 Å². The van der Waals surface area contributed by atoms with Crippen molar-refractivity contribution in [2.75, 3.05) is 24.7 Å². The predicted molar refractivity (Wildman–Crippen MR) is 99.9 cm³/mol. The van der Waals surface area contributed by atoms with Gasteiger partial charge in [0.15, 0.2) is 0 Å². The van der Waals surface area contributed by atoms with Crippen molar-refractivity contribution < 1.29 is 14.0 Å². The molecule has 0 atom stereocenters. The Balaban J connectivity index is 1.88. The second kappa shape index (κ2) is 9.08. The number of hydrogen-bond acceptors (Lipinski definition) is 3. The minimum absolute atomic E-state index is 0.0254. The standard InChI is InChI=1S/C17H15Cl2FN2O2S/c1-22(16(24)10-25-14-8-3-2-7-13(14)20)9-15(23)21-17-11(18)5-4-6-12(17)19/h2-8H,9-10H2,1H3,(H,21,23). The lowest BCUT2D eigenvalue weighted by Gasteiger charge is -2.17. The summed E-state index contributed by atoms with van der Waals surface area (Å²) >= 11 is 13.1. The molecule has 0 heterocycles. The first-order valence-corrected chi connectivity index (χ1v) is 8.98. The summed E-state index contributed by atoms with van der Waals surface area (Å²) in [5, 5.41) is 3.20. The van der Waals surface area contributed by atoms with Crippen LogP contribution in [0.5, 0.6) is 0 Å². The van der Waals surface area contributed by atoms with E-state index in [0.717, 1.165) is 11.8 Å². The van der Waals surface area contributed by atoms with Gasteiger partial charge in [-0.15, -0.1) is 11.8 Å². The van der Waals surface area contributed by atoms with Gasteiger partial charge in [0.1, 0.15) is 5.82 Å². The summed E-state index contributed by atoms with van der Waals surface area (Å²) in [6, 6.07) is 11.1. The van der Waals surface area contributed by atoms with Crippen LogP contribution in [0.2, 0.25) is 10.0 Å². The van der Waals surface area contributed by atoms with Gasteiger partial charge in [-0.2, -0.15) is 0 Å². The van der Waals surface area contributed by atoms with Crippen LogP contribution in [0.15, 0.2) is 47.4 Å². The highest BCUT2D eigenvalue weighted by atomic mass is 35.5. The molecule has 2 rings (SSSR count). The van der Waals surface area contributed by atoms with Gasteiger partial charge in [-0.25, -0.2) is 4.39 Å². The van der Waals surface area contributed by atoms with Crippen LogP contribution in [0.3, 0.4) is 0 Å². The molecule has 25 heavy (non-hydrogen) atoms. The highest BCUT2D eigenvalue weighted by Crippen LogP contribution is 2.29. The van der Waals surface area contributed by atoms with E-state index in [2.05, 4.69) is 5.32 Å². The molecule has 0 bridgehead atoms. The average Bonchev–Trinajstić information content (AvgIpc) is 2.57. The molecule has 0 spiro atoms. The van der Waals surface area contributed by atoms with Gasteiger partial charge in [0.25, 0.3) is 0 Å². The molecule has 0 unspecified atom stereocenters. The number of thioether (sulfide) groups is 1. The summed E-state index contributed by atoms with van der Waals surface area (Å²) in [6.45, 7) is -0.168. The third-order valence-electron chi connectivity index (χ3n) is 3.22. The van der Waals surface area contributed by atoms with Gasteiger partial charge in [-0.1, -0.05) is 41.4 Å². The normalized spacial score (nSPS) is 10.4. The number of benzene rings is 2. The number of nitrogens with one attached hydrogen (secondary N) is 1. The highest BCUT2D eigenvalue weighted by Gasteiger charge is 2.16. The van der Waals surface area contributed by atoms with Crippen LogP contribution < -0.4 is 5.32 Å². The fourth-order valence-electron chi connectivity index (χ4n) is 1.91. The average molecular weight is 401 g/mol. The largest absolute Gasteiger partial charge is 0.336 e. The zero-order chi connectivity index (χ0) is 18.4. The molecule has 2 amide bonds. The summed E-state index contributed by atoms with van der Waals surface area (Å²) in [5.74, 6) is -1.08. The van der Waals surface area contributed by atoms with Crippen molar-refractivity contribution in [1.29, 1.82) is 0 Å². The lowest BCUT2D eigenvalue weighted by atomic mass is 10.3. The molecule has 0 radical (unpaired) electrons. The summed E-state index contributed by atoms with van der Waals surface area (Å²) in [7, 11) is 1.50. The Morgan fingerprint density at radius 2 is 1.76 bits per heavy atom. The fraction of sp³-hybridized carbons (Fsp3) is 0.176. The first-order valence-electron chi connectivity index (χ1n) is 7.23. The lowest BCUT2D eigenvalue weighted by Crippen LogP contribution is -2.36. The molecule has 0 saturated heterocycles. The fourth-order valence-corrected chi connectivity index (χ4v) is 3.28. The van der Waals surface area contributed by atoms with Gasteiger partial charge in [-0.3, -0.25) is 9.59 Å². The monoisotopic (exact) mass is 400 g/mol. The van der Waals surface area contributed by atoms with E-state index in [1.54, 1.807) is 36.4 Å². The number of rotatable bonds is 6. The Morgan fingerprint density at radius 1 is 1.12 bits per heavy atom. The van der Waals surface area contributed by atoms with Crippen LogP contribution in [0, 0.1) is 5.82 Å².